The van der Waals surface area contributed by atoms with E-state index in [2.05, 4.69) is 67.1 Å². The van der Waals surface area contributed by atoms with Gasteiger partial charge in [-0.1, -0.05) is 127 Å². The number of carbonyl (C=O) groups excluding carboxylic acids is 3. The van der Waals surface area contributed by atoms with Crippen molar-refractivity contribution in [3.63, 3.8) is 0 Å². The number of Topliss-reactive ketones (excluding diaryl/α,β-unsaturated/α-hetero) is 2. The first-order chi connectivity index (χ1) is 48.7. The Balaban J connectivity index is 0.000000123. The lowest BCUT2D eigenvalue weighted by Crippen LogP contribution is -2.38. The van der Waals surface area contributed by atoms with E-state index < -0.39 is 66.3 Å². The summed E-state index contributed by atoms with van der Waals surface area (Å²) in [6.07, 6.45) is 2.46. The number of aryl methyl sites for hydroxylation is 10. The van der Waals surface area contributed by atoms with Gasteiger partial charge in [-0.05, 0) is 149 Å². The van der Waals surface area contributed by atoms with Crippen LogP contribution in [0.3, 0.4) is 0 Å². The number of anilines is 2. The summed E-state index contributed by atoms with van der Waals surface area (Å²) in [4.78, 5) is 56.0. The number of rotatable bonds is 7. The maximum atomic E-state index is 13.4. The zero-order valence-corrected chi connectivity index (χ0v) is 60.1. The number of fused-ring (bicyclic) bond motifs is 8. The van der Waals surface area contributed by atoms with E-state index in [4.69, 9.17) is 23.7 Å². The maximum absolute atomic E-state index is 13.4. The van der Waals surface area contributed by atoms with Crippen LogP contribution in [0, 0.1) is 69.2 Å². The molecule has 12 aromatic rings. The topological polar surface area (TPSA) is 251 Å². The van der Waals surface area contributed by atoms with Crippen LogP contribution in [0.5, 0.6) is 0 Å². The molecule has 9 atom stereocenters. The molecular weight excluding hydrogens is 1290 g/mol. The molecule has 8 aromatic heterocycles. The lowest BCUT2D eigenvalue weighted by Gasteiger charge is -2.35. The Morgan fingerprint density at radius 2 is 0.863 bits per heavy atom. The standard InChI is InChI=1S/C22H24N2O3.C18H19N3O2.C18H17N3O2.C13H16O4.C10H12N2/c1-13-17(11-12-24-15(3)14(2)23-21(13)24)18(25)20-19(26-22(4,5)27-20)16-9-7-6-8-10-16;2*1-10-11(2)21-9-8-13-15(18(21)19-10)20-14(17(23)16(13)22)12-6-4-3-5-7-12;1-13(2)16-10(9-7-5-4-6-8-9)11(17-13)12(14)15-3;1-7-5-4-6-12-9(3)8(2)11-10(7)12/h6-12,19-20H,1-5H3;3-9,14,16-17,20,22-23H,1-2H3;3-9,14,17,20,23H,1-2H3;4-8,10-11H,1-3H3;4-6H,1-3H3/t19-,20?;14?,16?,17-;14?,17-;;/m011../s1. The Hall–Kier alpha value is -10.2. The number of esters is 1. The van der Waals surface area contributed by atoms with Gasteiger partial charge in [-0.15, -0.1) is 0 Å². The van der Waals surface area contributed by atoms with Gasteiger partial charge < -0.3 is 67.2 Å². The molecule has 6 unspecified atom stereocenters. The number of hydrogen-bond acceptors (Lipinski definition) is 17. The third-order valence-corrected chi connectivity index (χ3v) is 19.6. The van der Waals surface area contributed by atoms with E-state index in [1.165, 1.54) is 18.4 Å². The van der Waals surface area contributed by atoms with Crippen molar-refractivity contribution >= 4 is 51.5 Å². The molecule has 4 aromatic carbocycles. The molecule has 0 spiro atoms. The number of ether oxygens (including phenoxy) is 5. The summed E-state index contributed by atoms with van der Waals surface area (Å²) in [6.45, 7) is 27.3. The molecule has 5 N–H and O–H groups in total. The fourth-order valence-electron chi connectivity index (χ4n) is 13.6. The van der Waals surface area contributed by atoms with Gasteiger partial charge in [0.2, 0.25) is 0 Å². The van der Waals surface area contributed by atoms with Gasteiger partial charge in [0.1, 0.15) is 41.8 Å². The highest BCUT2D eigenvalue weighted by Crippen LogP contribution is 2.44. The number of aliphatic hydroxyl groups excluding tert-OH is 3. The van der Waals surface area contributed by atoms with Gasteiger partial charge in [-0.3, -0.25) is 9.59 Å². The second kappa shape index (κ2) is 29.0. The maximum Gasteiger partial charge on any atom is 0.338 e. The SMILES string of the molecule is COC(=O)C1OC(C)(C)OC1c1ccccc1.Cc1nc2c(C)c(C(=O)C3OC(C)(C)O[C@H]3c3ccccc3)ccn2c1C.Cc1nc2c(C)cccn2c1C.Cc1nc2c3c(ccn2c1C)C(=O)[C@H](O)C(c1ccccc1)N3.Cc1nc2c3c(ccn2c1C)C(O)[C@H](O)C(c1ccccc1)N3. The molecule has 21 heteroatoms. The van der Waals surface area contributed by atoms with Crippen molar-refractivity contribution in [1.82, 2.24) is 37.5 Å². The molecule has 16 rings (SSSR count). The summed E-state index contributed by atoms with van der Waals surface area (Å²) in [7, 11) is 1.35. The number of nitrogens with zero attached hydrogens (tertiary/aromatic N) is 8. The minimum atomic E-state index is -1.11. The highest BCUT2D eigenvalue weighted by Gasteiger charge is 2.48. The zero-order chi connectivity index (χ0) is 72.8. The van der Waals surface area contributed by atoms with E-state index in [9.17, 15) is 29.7 Å². The van der Waals surface area contributed by atoms with Crippen molar-refractivity contribution in [3.8, 4) is 0 Å². The fourth-order valence-corrected chi connectivity index (χ4v) is 13.6. The van der Waals surface area contributed by atoms with Crippen molar-refractivity contribution in [2.24, 2.45) is 0 Å². The summed E-state index contributed by atoms with van der Waals surface area (Å²) in [5, 5.41) is 38.2. The van der Waals surface area contributed by atoms with Crippen LogP contribution in [0.15, 0.2) is 176 Å². The molecule has 0 radical (unpaired) electrons. The van der Waals surface area contributed by atoms with Crippen LogP contribution in [-0.2, 0) is 28.5 Å². The van der Waals surface area contributed by atoms with E-state index in [0.29, 0.717) is 22.4 Å². The van der Waals surface area contributed by atoms with E-state index in [1.54, 1.807) is 19.9 Å². The summed E-state index contributed by atoms with van der Waals surface area (Å²) >= 11 is 0. The third-order valence-electron chi connectivity index (χ3n) is 19.6. The molecule has 4 aliphatic heterocycles. The molecule has 2 saturated heterocycles. The first-order valence-corrected chi connectivity index (χ1v) is 34.1. The average molecular weight is 1380 g/mol. The van der Waals surface area contributed by atoms with Crippen molar-refractivity contribution in [2.45, 2.75) is 163 Å². The second-order valence-corrected chi connectivity index (χ2v) is 27.2. The van der Waals surface area contributed by atoms with E-state index >= 15 is 0 Å². The Morgan fingerprint density at radius 3 is 1.37 bits per heavy atom. The van der Waals surface area contributed by atoms with Crippen LogP contribution in [-0.4, -0.2) is 113 Å². The predicted octanol–water partition coefficient (Wildman–Crippen LogP) is 13.8. The minimum Gasteiger partial charge on any atom is -0.467 e. The number of aromatic nitrogens is 8. The molecule has 528 valence electrons. The van der Waals surface area contributed by atoms with Gasteiger partial charge in [-0.2, -0.15) is 0 Å². The van der Waals surface area contributed by atoms with Crippen molar-refractivity contribution in [1.29, 1.82) is 0 Å². The number of ketones is 2. The number of hydrogen-bond donors (Lipinski definition) is 5. The average Bonchev–Trinajstić information content (AvgIpc) is 1.39. The molecule has 0 bridgehead atoms. The molecule has 0 aliphatic carbocycles. The molecule has 2 fully saturated rings. The normalized spacial score (nSPS) is 21.4. The number of benzene rings is 4. The smallest absolute Gasteiger partial charge is 0.338 e. The van der Waals surface area contributed by atoms with Gasteiger partial charge in [-0.25, -0.2) is 24.7 Å². The second-order valence-electron chi connectivity index (χ2n) is 27.2. The minimum absolute atomic E-state index is 0.0762. The summed E-state index contributed by atoms with van der Waals surface area (Å²) < 4.78 is 36.3. The van der Waals surface area contributed by atoms with E-state index in [0.717, 1.165) is 96.0 Å². The fraction of sp³-hybridized carbons (Fsp3) is 0.321. The van der Waals surface area contributed by atoms with Crippen LogP contribution >= 0.6 is 0 Å². The first kappa shape index (κ1) is 71.6. The van der Waals surface area contributed by atoms with Crippen LogP contribution in [0.25, 0.3) is 22.6 Å². The van der Waals surface area contributed by atoms with Crippen molar-refractivity contribution in [3.05, 3.63) is 272 Å². The quantitative estimate of drug-likeness (QED) is 0.0735. The highest BCUT2D eigenvalue weighted by molar-refractivity contribution is 6.09. The molecule has 12 heterocycles. The van der Waals surface area contributed by atoms with Crippen molar-refractivity contribution < 1.29 is 53.4 Å². The molecule has 0 saturated carbocycles. The van der Waals surface area contributed by atoms with Crippen LogP contribution in [0.1, 0.15) is 163 Å². The van der Waals surface area contributed by atoms with Gasteiger partial charge in [0.25, 0.3) is 0 Å². The van der Waals surface area contributed by atoms with Crippen molar-refractivity contribution in [2.75, 3.05) is 17.7 Å². The largest absolute Gasteiger partial charge is 0.467 e. The summed E-state index contributed by atoms with van der Waals surface area (Å²) in [5.41, 5.74) is 20.8. The first-order valence-electron chi connectivity index (χ1n) is 34.1. The molecule has 102 heavy (non-hydrogen) atoms. The Bertz CT molecular complexity index is 5070. The highest BCUT2D eigenvalue weighted by atomic mass is 16.8. The third kappa shape index (κ3) is 14.0. The predicted molar refractivity (Wildman–Crippen MR) is 390 cm³/mol. The molecule has 4 aliphatic rings. The number of nitrogens with one attached hydrogen (secondary N) is 2. The zero-order valence-electron chi connectivity index (χ0n) is 60.1. The number of imidazole rings is 4. The summed E-state index contributed by atoms with van der Waals surface area (Å²) in [5.74, 6) is -2.36. The Kier molecular flexibility index (Phi) is 20.4. The Labute approximate surface area is 592 Å². The number of pyridine rings is 4. The van der Waals surface area contributed by atoms with E-state index in [-0.39, 0.29) is 17.6 Å². The van der Waals surface area contributed by atoms with Crippen LogP contribution in [0.4, 0.5) is 11.4 Å². The van der Waals surface area contributed by atoms with Gasteiger partial charge in [0.15, 0.2) is 46.6 Å². The van der Waals surface area contributed by atoms with E-state index in [1.807, 2.05) is 234 Å². The lowest BCUT2D eigenvalue weighted by molar-refractivity contribution is -0.168. The number of carbonyl (C=O) groups is 3. The van der Waals surface area contributed by atoms with Gasteiger partial charge >= 0.3 is 5.97 Å². The van der Waals surface area contributed by atoms with Gasteiger partial charge in [0.05, 0.1) is 53.3 Å². The number of methoxy groups -OCH3 is 1. The van der Waals surface area contributed by atoms with Gasteiger partial charge in [0, 0.05) is 69.8 Å². The molecular formula is C81H88N10O11. The molecule has 21 nitrogen and oxygen atoms in total. The number of aliphatic hydroxyl groups is 3. The van der Waals surface area contributed by atoms with Crippen LogP contribution in [0.2, 0.25) is 0 Å². The lowest BCUT2D eigenvalue weighted by atomic mass is 9.89. The Morgan fingerprint density at radius 1 is 0.451 bits per heavy atom. The molecule has 0 amide bonds. The summed E-state index contributed by atoms with van der Waals surface area (Å²) in [6, 6.07) is 47.2. The monoisotopic (exact) mass is 1380 g/mol. The van der Waals surface area contributed by atoms with Crippen LogP contribution < -0.4 is 10.6 Å².